The first-order valence-corrected chi connectivity index (χ1v) is 3.89. The molecule has 1 aromatic carbocycles. The van der Waals surface area contributed by atoms with E-state index in [1.54, 1.807) is 0 Å². The van der Waals surface area contributed by atoms with Crippen molar-refractivity contribution in [3.8, 4) is 11.5 Å². The van der Waals surface area contributed by atoms with Crippen molar-refractivity contribution in [2.75, 3.05) is 0 Å². The Hall–Kier alpha value is -0.740. The zero-order valence-corrected chi connectivity index (χ0v) is 7.61. The predicted octanol–water partition coefficient (Wildman–Crippen LogP) is 3.30. The summed E-state index contributed by atoms with van der Waals surface area (Å²) >= 11 is 10.9. The van der Waals surface area contributed by atoms with Crippen LogP contribution in [0.1, 0.15) is 0 Å². The molecule has 1 rings (SSSR count). The Morgan fingerprint density at radius 3 is 2.31 bits per heavy atom. The summed E-state index contributed by atoms with van der Waals surface area (Å²) in [5.41, 5.74) is 0. The molecule has 2 nitrogen and oxygen atoms in total. The first-order chi connectivity index (χ1) is 6.02. The van der Waals surface area contributed by atoms with Gasteiger partial charge in [0.2, 0.25) is 0 Å². The fourth-order valence-electron chi connectivity index (χ4n) is 0.724. The number of halogens is 4. The molecule has 0 aromatic heterocycles. The molecular formula is C7H4Cl2F2O2. The van der Waals surface area contributed by atoms with Crippen molar-refractivity contribution in [1.29, 1.82) is 0 Å². The quantitative estimate of drug-likeness (QED) is 0.842. The molecule has 0 unspecified atom stereocenters. The highest BCUT2D eigenvalue weighted by atomic mass is 35.5. The summed E-state index contributed by atoms with van der Waals surface area (Å²) in [6, 6.07) is 2.53. The molecule has 0 radical (unpaired) electrons. The fourth-order valence-corrected chi connectivity index (χ4v) is 1.07. The van der Waals surface area contributed by atoms with Crippen molar-refractivity contribution in [2.45, 2.75) is 6.61 Å². The normalized spacial score (nSPS) is 10.5. The number of hydrogen-bond donors (Lipinski definition) is 1. The van der Waals surface area contributed by atoms with E-state index in [1.165, 1.54) is 12.1 Å². The predicted molar refractivity (Wildman–Crippen MR) is 44.8 cm³/mol. The van der Waals surface area contributed by atoms with E-state index in [2.05, 4.69) is 4.74 Å². The van der Waals surface area contributed by atoms with Gasteiger partial charge in [-0.2, -0.15) is 8.78 Å². The molecule has 0 spiro atoms. The van der Waals surface area contributed by atoms with Crippen LogP contribution >= 0.6 is 23.2 Å². The van der Waals surface area contributed by atoms with Crippen molar-refractivity contribution in [3.63, 3.8) is 0 Å². The lowest BCUT2D eigenvalue weighted by molar-refractivity contribution is -0.0511. The second-order valence-electron chi connectivity index (χ2n) is 2.09. The molecule has 0 bridgehead atoms. The Bertz CT molecular complexity index is 318. The van der Waals surface area contributed by atoms with Crippen LogP contribution in [0.3, 0.4) is 0 Å². The smallest absolute Gasteiger partial charge is 0.387 e. The third-order valence-corrected chi connectivity index (χ3v) is 1.84. The number of aromatic hydroxyl groups is 1. The van der Waals surface area contributed by atoms with E-state index in [-0.39, 0.29) is 10.0 Å². The summed E-state index contributed by atoms with van der Waals surface area (Å²) in [6.45, 7) is -3.05. The van der Waals surface area contributed by atoms with E-state index in [9.17, 15) is 8.78 Å². The lowest BCUT2D eigenvalue weighted by Crippen LogP contribution is -2.02. The maximum atomic E-state index is 11.8. The van der Waals surface area contributed by atoms with E-state index >= 15 is 0 Å². The third-order valence-electron chi connectivity index (χ3n) is 1.24. The van der Waals surface area contributed by atoms with Gasteiger partial charge in [-0.25, -0.2) is 0 Å². The fraction of sp³-hybridized carbons (Fsp3) is 0.143. The Labute approximate surface area is 82.6 Å². The average Bonchev–Trinajstić information content (AvgIpc) is 2.05. The number of phenolic OH excluding ortho intramolecular Hbond substituents is 1. The van der Waals surface area contributed by atoms with Gasteiger partial charge in [0.15, 0.2) is 11.5 Å². The van der Waals surface area contributed by atoms with E-state index in [0.29, 0.717) is 0 Å². The molecule has 13 heavy (non-hydrogen) atoms. The maximum Gasteiger partial charge on any atom is 0.387 e. The molecule has 0 heterocycles. The lowest BCUT2D eigenvalue weighted by atomic mass is 10.3. The summed E-state index contributed by atoms with van der Waals surface area (Å²) in [5.74, 6) is -1.10. The second-order valence-corrected chi connectivity index (χ2v) is 2.90. The minimum atomic E-state index is -3.05. The van der Waals surface area contributed by atoms with Gasteiger partial charge in [0.05, 0.1) is 10.0 Å². The van der Waals surface area contributed by atoms with Gasteiger partial charge in [0.25, 0.3) is 0 Å². The molecule has 0 aliphatic rings. The van der Waals surface area contributed by atoms with E-state index in [1.807, 2.05) is 0 Å². The van der Waals surface area contributed by atoms with Crippen LogP contribution in [-0.4, -0.2) is 11.7 Å². The minimum Gasteiger partial charge on any atom is -0.503 e. The van der Waals surface area contributed by atoms with Gasteiger partial charge in [0.1, 0.15) is 0 Å². The summed E-state index contributed by atoms with van der Waals surface area (Å²) < 4.78 is 27.5. The van der Waals surface area contributed by atoms with Gasteiger partial charge < -0.3 is 9.84 Å². The minimum absolute atomic E-state index is 0.0972. The summed E-state index contributed by atoms with van der Waals surface area (Å²) in [7, 11) is 0. The molecule has 72 valence electrons. The highest BCUT2D eigenvalue weighted by Crippen LogP contribution is 2.40. The van der Waals surface area contributed by atoms with Crippen molar-refractivity contribution in [1.82, 2.24) is 0 Å². The van der Waals surface area contributed by atoms with Gasteiger partial charge in [-0.05, 0) is 12.1 Å². The highest BCUT2D eigenvalue weighted by Gasteiger charge is 2.15. The van der Waals surface area contributed by atoms with Gasteiger partial charge >= 0.3 is 6.61 Å². The Kier molecular flexibility index (Phi) is 3.17. The number of ether oxygens (including phenoxy) is 1. The lowest BCUT2D eigenvalue weighted by Gasteiger charge is -2.08. The molecule has 0 saturated carbocycles. The number of phenols is 1. The van der Waals surface area contributed by atoms with Crippen molar-refractivity contribution >= 4 is 23.2 Å². The van der Waals surface area contributed by atoms with Crippen LogP contribution < -0.4 is 4.74 Å². The second kappa shape index (κ2) is 3.98. The van der Waals surface area contributed by atoms with Crippen LogP contribution in [0.4, 0.5) is 8.78 Å². The Morgan fingerprint density at radius 1 is 1.23 bits per heavy atom. The van der Waals surface area contributed by atoms with Crippen molar-refractivity contribution < 1.29 is 18.6 Å². The number of benzene rings is 1. The molecule has 1 N–H and O–H groups in total. The molecular weight excluding hydrogens is 225 g/mol. The first-order valence-electron chi connectivity index (χ1n) is 3.14. The average molecular weight is 229 g/mol. The van der Waals surface area contributed by atoms with E-state index in [0.717, 1.165) is 0 Å². The SMILES string of the molecule is Oc1c(Cl)ccc(Cl)c1OC(F)F. The summed E-state index contributed by atoms with van der Waals surface area (Å²) in [5, 5.41) is 8.93. The van der Waals surface area contributed by atoms with Crippen LogP contribution in [0.15, 0.2) is 12.1 Å². The monoisotopic (exact) mass is 228 g/mol. The zero-order valence-electron chi connectivity index (χ0n) is 6.10. The van der Waals surface area contributed by atoms with E-state index < -0.39 is 18.1 Å². The van der Waals surface area contributed by atoms with Crippen LogP contribution in [0.5, 0.6) is 11.5 Å². The molecule has 0 aliphatic heterocycles. The van der Waals surface area contributed by atoms with Crippen molar-refractivity contribution in [2.24, 2.45) is 0 Å². The molecule has 0 aliphatic carbocycles. The molecule has 0 saturated heterocycles. The standard InChI is InChI=1S/C7H4Cl2F2O2/c8-3-1-2-4(9)6(5(3)12)13-7(10)11/h1-2,7,12H. The van der Waals surface area contributed by atoms with Crippen LogP contribution in [0, 0.1) is 0 Å². The third kappa shape index (κ3) is 2.35. The molecule has 0 atom stereocenters. The van der Waals surface area contributed by atoms with Gasteiger partial charge in [0, 0.05) is 0 Å². The van der Waals surface area contributed by atoms with Gasteiger partial charge in [-0.1, -0.05) is 23.2 Å². The molecule has 0 fully saturated rings. The topological polar surface area (TPSA) is 29.5 Å². The number of rotatable bonds is 2. The summed E-state index contributed by atoms with van der Waals surface area (Å²) in [4.78, 5) is 0. The molecule has 1 aromatic rings. The number of hydrogen-bond acceptors (Lipinski definition) is 2. The number of alkyl halides is 2. The largest absolute Gasteiger partial charge is 0.503 e. The van der Waals surface area contributed by atoms with Crippen LogP contribution in [0.2, 0.25) is 10.0 Å². The Morgan fingerprint density at radius 2 is 1.77 bits per heavy atom. The highest BCUT2D eigenvalue weighted by molar-refractivity contribution is 6.35. The van der Waals surface area contributed by atoms with Crippen LogP contribution in [0.25, 0.3) is 0 Å². The van der Waals surface area contributed by atoms with E-state index in [4.69, 9.17) is 28.3 Å². The van der Waals surface area contributed by atoms with Gasteiger partial charge in [-0.15, -0.1) is 0 Å². The first kappa shape index (κ1) is 10.3. The molecule has 0 amide bonds. The zero-order chi connectivity index (χ0) is 10.0. The Balaban J connectivity index is 3.10. The van der Waals surface area contributed by atoms with Gasteiger partial charge in [-0.3, -0.25) is 0 Å². The maximum absolute atomic E-state index is 11.8. The van der Waals surface area contributed by atoms with Crippen molar-refractivity contribution in [3.05, 3.63) is 22.2 Å². The summed E-state index contributed by atoms with van der Waals surface area (Å²) in [6.07, 6.45) is 0. The van der Waals surface area contributed by atoms with Crippen LogP contribution in [-0.2, 0) is 0 Å². The molecule has 6 heteroatoms.